The molecule has 1 N–H and O–H groups in total. The van der Waals surface area contributed by atoms with Crippen LogP contribution < -0.4 is 10.2 Å². The smallest absolute Gasteiger partial charge is 0.233 e. The summed E-state index contributed by atoms with van der Waals surface area (Å²) in [6.45, 7) is 3.68. The predicted octanol–water partition coefficient (Wildman–Crippen LogP) is 1.55. The van der Waals surface area contributed by atoms with Crippen LogP contribution in [0, 0.1) is 12.8 Å². The summed E-state index contributed by atoms with van der Waals surface area (Å²) < 4.78 is 5.44. The van der Waals surface area contributed by atoms with E-state index in [9.17, 15) is 4.79 Å². The molecular weight excluding hydrogens is 204 g/mol. The monoisotopic (exact) mass is 222 g/mol. The van der Waals surface area contributed by atoms with Crippen LogP contribution in [-0.2, 0) is 4.79 Å². The molecule has 1 saturated heterocycles. The molecular formula is C12H18N2O2. The van der Waals surface area contributed by atoms with Crippen molar-refractivity contribution < 1.29 is 9.21 Å². The van der Waals surface area contributed by atoms with Gasteiger partial charge in [-0.3, -0.25) is 9.69 Å². The number of piperidine rings is 1. The second kappa shape index (κ2) is 4.70. The van der Waals surface area contributed by atoms with Crippen LogP contribution in [0.5, 0.6) is 0 Å². The molecule has 0 radical (unpaired) electrons. The number of hydrogen-bond donors (Lipinski definition) is 1. The van der Waals surface area contributed by atoms with Crippen molar-refractivity contribution in [2.45, 2.75) is 19.8 Å². The topological polar surface area (TPSA) is 45.5 Å². The molecule has 4 nitrogen and oxygen atoms in total. The van der Waals surface area contributed by atoms with Crippen LogP contribution in [0.3, 0.4) is 0 Å². The fraction of sp³-hybridized carbons (Fsp3) is 0.583. The molecule has 1 fully saturated rings. The highest BCUT2D eigenvalue weighted by Crippen LogP contribution is 2.20. The molecule has 0 aromatic carbocycles. The van der Waals surface area contributed by atoms with Crippen molar-refractivity contribution in [1.29, 1.82) is 0 Å². The second-order valence-electron chi connectivity index (χ2n) is 4.32. The van der Waals surface area contributed by atoms with Crippen LogP contribution in [0.2, 0.25) is 0 Å². The molecule has 1 aromatic rings. The summed E-state index contributed by atoms with van der Waals surface area (Å²) in [5.41, 5.74) is 0. The SMILES string of the molecule is Cc1ccc(N(C)C(=O)C2CCCNC2)o1. The van der Waals surface area contributed by atoms with Crippen LogP contribution in [0.25, 0.3) is 0 Å². The number of hydrogen-bond acceptors (Lipinski definition) is 3. The zero-order valence-electron chi connectivity index (χ0n) is 9.82. The Morgan fingerprint density at radius 2 is 2.38 bits per heavy atom. The first-order chi connectivity index (χ1) is 7.68. The van der Waals surface area contributed by atoms with E-state index in [0.29, 0.717) is 5.88 Å². The molecule has 2 heterocycles. The van der Waals surface area contributed by atoms with E-state index in [2.05, 4.69) is 5.32 Å². The predicted molar refractivity (Wildman–Crippen MR) is 62.4 cm³/mol. The van der Waals surface area contributed by atoms with Gasteiger partial charge in [0.05, 0.1) is 5.92 Å². The first kappa shape index (κ1) is 11.2. The van der Waals surface area contributed by atoms with Gasteiger partial charge in [0.15, 0.2) is 0 Å². The van der Waals surface area contributed by atoms with E-state index in [4.69, 9.17) is 4.42 Å². The summed E-state index contributed by atoms with van der Waals surface area (Å²) in [5.74, 6) is 1.69. The average molecular weight is 222 g/mol. The summed E-state index contributed by atoms with van der Waals surface area (Å²) in [6, 6.07) is 3.71. The maximum Gasteiger partial charge on any atom is 0.233 e. The maximum atomic E-state index is 12.1. The number of carbonyl (C=O) groups excluding carboxylic acids is 1. The number of rotatable bonds is 2. The van der Waals surface area contributed by atoms with Crippen LogP contribution >= 0.6 is 0 Å². The standard InChI is InChI=1S/C12H18N2O2/c1-9-5-6-11(16-9)14(2)12(15)10-4-3-7-13-8-10/h5-6,10,13H,3-4,7-8H2,1-2H3. The second-order valence-corrected chi connectivity index (χ2v) is 4.32. The highest BCUT2D eigenvalue weighted by Gasteiger charge is 2.25. The van der Waals surface area contributed by atoms with Gasteiger partial charge in [0.2, 0.25) is 11.8 Å². The molecule has 0 bridgehead atoms. The van der Waals surface area contributed by atoms with Gasteiger partial charge in [0.25, 0.3) is 0 Å². The molecule has 0 saturated carbocycles. The number of aryl methyl sites for hydroxylation is 1. The van der Waals surface area contributed by atoms with E-state index in [1.165, 1.54) is 0 Å². The molecule has 1 aliphatic heterocycles. The Morgan fingerprint density at radius 3 is 2.94 bits per heavy atom. The van der Waals surface area contributed by atoms with Gasteiger partial charge in [-0.1, -0.05) is 0 Å². The lowest BCUT2D eigenvalue weighted by Gasteiger charge is -2.25. The fourth-order valence-electron chi connectivity index (χ4n) is 2.05. The van der Waals surface area contributed by atoms with Crippen molar-refractivity contribution in [1.82, 2.24) is 5.32 Å². The maximum absolute atomic E-state index is 12.1. The van der Waals surface area contributed by atoms with E-state index in [1.807, 2.05) is 19.1 Å². The van der Waals surface area contributed by atoms with Gasteiger partial charge < -0.3 is 9.73 Å². The van der Waals surface area contributed by atoms with Gasteiger partial charge in [0, 0.05) is 19.7 Å². The van der Waals surface area contributed by atoms with Gasteiger partial charge in [-0.25, -0.2) is 0 Å². The summed E-state index contributed by atoms with van der Waals surface area (Å²) in [5, 5.41) is 3.25. The zero-order chi connectivity index (χ0) is 11.5. The number of amides is 1. The first-order valence-electron chi connectivity index (χ1n) is 5.73. The Hall–Kier alpha value is -1.29. The van der Waals surface area contributed by atoms with E-state index in [0.717, 1.165) is 31.7 Å². The van der Waals surface area contributed by atoms with Crippen molar-refractivity contribution in [3.8, 4) is 0 Å². The molecule has 88 valence electrons. The number of nitrogens with one attached hydrogen (secondary N) is 1. The first-order valence-corrected chi connectivity index (χ1v) is 5.73. The van der Waals surface area contributed by atoms with E-state index >= 15 is 0 Å². The highest BCUT2D eigenvalue weighted by molar-refractivity contribution is 5.93. The van der Waals surface area contributed by atoms with Crippen LogP contribution in [0.1, 0.15) is 18.6 Å². The van der Waals surface area contributed by atoms with Crippen molar-refractivity contribution in [3.63, 3.8) is 0 Å². The molecule has 1 aliphatic rings. The minimum Gasteiger partial charge on any atom is -0.445 e. The Bertz CT molecular complexity index is 367. The summed E-state index contributed by atoms with van der Waals surface area (Å²) in [4.78, 5) is 13.7. The number of furan rings is 1. The van der Waals surface area contributed by atoms with Gasteiger partial charge in [-0.05, 0) is 32.4 Å². The Balaban J connectivity index is 2.03. The fourth-order valence-corrected chi connectivity index (χ4v) is 2.05. The lowest BCUT2D eigenvalue weighted by molar-refractivity contribution is -0.122. The van der Waals surface area contributed by atoms with Gasteiger partial charge in [-0.2, -0.15) is 0 Å². The Kier molecular flexibility index (Phi) is 3.29. The van der Waals surface area contributed by atoms with Crippen molar-refractivity contribution in [3.05, 3.63) is 17.9 Å². The summed E-state index contributed by atoms with van der Waals surface area (Å²) >= 11 is 0. The highest BCUT2D eigenvalue weighted by atomic mass is 16.4. The van der Waals surface area contributed by atoms with Crippen molar-refractivity contribution >= 4 is 11.8 Å². The molecule has 2 rings (SSSR count). The van der Waals surface area contributed by atoms with E-state index < -0.39 is 0 Å². The molecule has 1 unspecified atom stereocenters. The Labute approximate surface area is 95.6 Å². The number of carbonyl (C=O) groups is 1. The van der Waals surface area contributed by atoms with Crippen molar-refractivity contribution in [2.24, 2.45) is 5.92 Å². The molecule has 16 heavy (non-hydrogen) atoms. The summed E-state index contributed by atoms with van der Waals surface area (Å²) in [7, 11) is 1.77. The quantitative estimate of drug-likeness (QED) is 0.825. The third kappa shape index (κ3) is 2.27. The number of nitrogens with zero attached hydrogens (tertiary/aromatic N) is 1. The minimum absolute atomic E-state index is 0.0872. The van der Waals surface area contributed by atoms with Gasteiger partial charge >= 0.3 is 0 Å². The number of anilines is 1. The lowest BCUT2D eigenvalue weighted by Crippen LogP contribution is -2.41. The molecule has 4 heteroatoms. The van der Waals surface area contributed by atoms with Crippen molar-refractivity contribution in [2.75, 3.05) is 25.0 Å². The normalized spacial score (nSPS) is 20.8. The average Bonchev–Trinajstić information content (AvgIpc) is 2.75. The molecule has 1 amide bonds. The van der Waals surface area contributed by atoms with Crippen LogP contribution in [-0.4, -0.2) is 26.0 Å². The largest absolute Gasteiger partial charge is 0.445 e. The summed E-state index contributed by atoms with van der Waals surface area (Å²) in [6.07, 6.45) is 2.04. The third-order valence-electron chi connectivity index (χ3n) is 3.03. The van der Waals surface area contributed by atoms with E-state index in [1.54, 1.807) is 11.9 Å². The minimum atomic E-state index is 0.0872. The third-order valence-corrected chi connectivity index (χ3v) is 3.03. The molecule has 0 aliphatic carbocycles. The molecule has 1 atom stereocenters. The molecule has 1 aromatic heterocycles. The van der Waals surface area contributed by atoms with Gasteiger partial charge in [0.1, 0.15) is 5.76 Å². The van der Waals surface area contributed by atoms with E-state index in [-0.39, 0.29) is 11.8 Å². The zero-order valence-corrected chi connectivity index (χ0v) is 9.82. The van der Waals surface area contributed by atoms with Crippen LogP contribution in [0.4, 0.5) is 5.88 Å². The molecule has 0 spiro atoms. The Morgan fingerprint density at radius 1 is 1.56 bits per heavy atom. The lowest BCUT2D eigenvalue weighted by atomic mass is 9.98. The van der Waals surface area contributed by atoms with Crippen LogP contribution in [0.15, 0.2) is 16.5 Å². The van der Waals surface area contributed by atoms with Gasteiger partial charge in [-0.15, -0.1) is 0 Å².